The van der Waals surface area contributed by atoms with Crippen molar-refractivity contribution in [2.45, 2.75) is 0 Å². The first kappa shape index (κ1) is 16.9. The van der Waals surface area contributed by atoms with Crippen LogP contribution in [0.5, 0.6) is 0 Å². The minimum absolute atomic E-state index is 0.00598. The number of hydrogen-bond donors (Lipinski definition) is 2. The van der Waals surface area contributed by atoms with E-state index in [1.54, 1.807) is 4.90 Å². The molecule has 1 heterocycles. The molecule has 0 aliphatic carbocycles. The van der Waals surface area contributed by atoms with E-state index < -0.39 is 0 Å². The van der Waals surface area contributed by atoms with Gasteiger partial charge in [0.2, 0.25) is 0 Å². The third kappa shape index (κ3) is 4.49. The van der Waals surface area contributed by atoms with Gasteiger partial charge in [-0.15, -0.1) is 0 Å². The first-order chi connectivity index (χ1) is 10.5. The number of rotatable bonds is 4. The summed E-state index contributed by atoms with van der Waals surface area (Å²) in [7, 11) is 2.03. The van der Waals surface area contributed by atoms with Crippen molar-refractivity contribution in [3.8, 4) is 0 Å². The van der Waals surface area contributed by atoms with Crippen LogP contribution >= 0.6 is 28.1 Å². The fourth-order valence-corrected chi connectivity index (χ4v) is 2.41. The average molecular weight is 384 g/mol. The van der Waals surface area contributed by atoms with E-state index in [1.165, 1.54) is 0 Å². The van der Waals surface area contributed by atoms with Crippen molar-refractivity contribution in [3.05, 3.63) is 28.7 Å². The number of hydrogen-bond acceptors (Lipinski definition) is 5. The summed E-state index contributed by atoms with van der Waals surface area (Å²) >= 11 is 8.32. The zero-order valence-electron chi connectivity index (χ0n) is 12.3. The fraction of sp³-hybridized carbons (Fsp3) is 0.357. The van der Waals surface area contributed by atoms with Crippen LogP contribution in [0.1, 0.15) is 0 Å². The monoisotopic (exact) mass is 383 g/mol. The maximum atomic E-state index is 12.5. The second-order valence-electron chi connectivity index (χ2n) is 5.04. The Balaban J connectivity index is 2.08. The van der Waals surface area contributed by atoms with E-state index in [4.69, 9.17) is 18.0 Å². The minimum Gasteiger partial charge on any atom is -0.388 e. The molecular weight excluding hydrogens is 366 g/mol. The molecule has 2 rings (SSSR count). The summed E-state index contributed by atoms with van der Waals surface area (Å²) in [5, 5.41) is 4.10. The van der Waals surface area contributed by atoms with Crippen molar-refractivity contribution >= 4 is 50.4 Å². The number of halogens is 1. The number of benzene rings is 1. The van der Waals surface area contributed by atoms with Gasteiger partial charge in [-0.05, 0) is 31.3 Å². The third-order valence-corrected chi connectivity index (χ3v) is 4.09. The van der Waals surface area contributed by atoms with Crippen LogP contribution in [0.15, 0.2) is 33.8 Å². The number of anilines is 1. The second kappa shape index (κ2) is 7.66. The predicted molar refractivity (Wildman–Crippen MR) is 96.1 cm³/mol. The van der Waals surface area contributed by atoms with Crippen LogP contribution in [0.4, 0.5) is 5.69 Å². The van der Waals surface area contributed by atoms with Crippen molar-refractivity contribution in [2.24, 2.45) is 10.8 Å². The van der Waals surface area contributed by atoms with E-state index in [-0.39, 0.29) is 16.6 Å². The van der Waals surface area contributed by atoms with Crippen LogP contribution in [0.25, 0.3) is 0 Å². The van der Waals surface area contributed by atoms with Gasteiger partial charge in [-0.3, -0.25) is 10.2 Å². The highest BCUT2D eigenvalue weighted by Crippen LogP contribution is 2.14. The summed E-state index contributed by atoms with van der Waals surface area (Å²) in [4.78, 5) is 16.4. The molecule has 22 heavy (non-hydrogen) atoms. The highest BCUT2D eigenvalue weighted by Gasteiger charge is 2.25. The molecule has 0 aromatic heterocycles. The Morgan fingerprint density at radius 1 is 1.27 bits per heavy atom. The lowest BCUT2D eigenvalue weighted by atomic mass is 10.2. The number of nitrogens with zero attached hydrogens (tertiary/aromatic N) is 3. The highest BCUT2D eigenvalue weighted by molar-refractivity contribution is 9.10. The van der Waals surface area contributed by atoms with Gasteiger partial charge in [0.25, 0.3) is 5.91 Å². The number of thiocarbonyl (C=S) groups is 1. The van der Waals surface area contributed by atoms with E-state index in [0.29, 0.717) is 13.1 Å². The number of carbonyl (C=O) groups excluding carboxylic acids is 1. The van der Waals surface area contributed by atoms with Gasteiger partial charge >= 0.3 is 0 Å². The number of carbonyl (C=O) groups is 1. The van der Waals surface area contributed by atoms with Crippen LogP contribution in [0.3, 0.4) is 0 Å². The van der Waals surface area contributed by atoms with Crippen LogP contribution in [-0.2, 0) is 4.79 Å². The maximum absolute atomic E-state index is 12.5. The molecule has 0 atom stereocenters. The Morgan fingerprint density at radius 3 is 2.41 bits per heavy atom. The van der Waals surface area contributed by atoms with Crippen LogP contribution in [-0.4, -0.2) is 59.6 Å². The molecule has 1 aromatic rings. The molecule has 1 saturated heterocycles. The first-order valence-electron chi connectivity index (χ1n) is 6.84. The Bertz CT molecular complexity index is 581. The number of piperazine rings is 1. The van der Waals surface area contributed by atoms with Gasteiger partial charge in [0.15, 0.2) is 5.71 Å². The summed E-state index contributed by atoms with van der Waals surface area (Å²) in [6, 6.07) is 7.43. The SMILES string of the molecule is CN1CCN(C(=O)/C(=N/Nc2ccc(Br)cc2)C(N)=S)CC1. The highest BCUT2D eigenvalue weighted by atomic mass is 79.9. The molecule has 0 bridgehead atoms. The smallest absolute Gasteiger partial charge is 0.277 e. The zero-order valence-corrected chi connectivity index (χ0v) is 14.7. The summed E-state index contributed by atoms with van der Waals surface area (Å²) in [6.45, 7) is 2.96. The van der Waals surface area contributed by atoms with Crippen molar-refractivity contribution in [2.75, 3.05) is 38.7 Å². The Kier molecular flexibility index (Phi) is 5.87. The summed E-state index contributed by atoms with van der Waals surface area (Å²) < 4.78 is 0.963. The number of hydrazone groups is 1. The second-order valence-corrected chi connectivity index (χ2v) is 6.39. The normalized spacial score (nSPS) is 16.5. The molecule has 3 N–H and O–H groups in total. The molecule has 1 amide bonds. The van der Waals surface area contributed by atoms with E-state index >= 15 is 0 Å². The van der Waals surface area contributed by atoms with E-state index in [9.17, 15) is 4.79 Å². The number of likely N-dealkylation sites (N-methyl/N-ethyl adjacent to an activating group) is 1. The predicted octanol–water partition coefficient (Wildman–Crippen LogP) is 1.28. The molecule has 8 heteroatoms. The average Bonchev–Trinajstić information content (AvgIpc) is 2.49. The van der Waals surface area contributed by atoms with Crippen molar-refractivity contribution < 1.29 is 4.79 Å². The van der Waals surface area contributed by atoms with E-state index in [0.717, 1.165) is 23.2 Å². The number of nitrogens with two attached hydrogens (primary N) is 1. The molecule has 118 valence electrons. The van der Waals surface area contributed by atoms with Gasteiger partial charge in [0, 0.05) is 30.7 Å². The molecular formula is C14H18BrN5OS. The largest absolute Gasteiger partial charge is 0.388 e. The molecule has 1 aliphatic rings. The van der Waals surface area contributed by atoms with Crippen molar-refractivity contribution in [3.63, 3.8) is 0 Å². The standard InChI is InChI=1S/C14H18BrN5OS/c1-19-6-8-20(9-7-19)14(21)12(13(16)22)18-17-11-4-2-10(15)3-5-11/h2-5,17H,6-9H2,1H3,(H2,16,22)/b18-12+. The third-order valence-electron chi connectivity index (χ3n) is 3.37. The molecule has 1 aliphatic heterocycles. The van der Waals surface area contributed by atoms with Gasteiger partial charge in [0.05, 0.1) is 5.69 Å². The maximum Gasteiger partial charge on any atom is 0.277 e. The van der Waals surface area contributed by atoms with E-state index in [1.807, 2.05) is 31.3 Å². The summed E-state index contributed by atoms with van der Waals surface area (Å²) in [6.07, 6.45) is 0. The molecule has 6 nitrogen and oxygen atoms in total. The lowest BCUT2D eigenvalue weighted by molar-refractivity contribution is -0.125. The molecule has 0 unspecified atom stereocenters. The summed E-state index contributed by atoms with van der Waals surface area (Å²) in [5.41, 5.74) is 9.32. The molecule has 0 spiro atoms. The molecule has 1 aromatic carbocycles. The topological polar surface area (TPSA) is 74.0 Å². The molecule has 0 saturated carbocycles. The van der Waals surface area contributed by atoms with Crippen molar-refractivity contribution in [1.29, 1.82) is 0 Å². The lowest BCUT2D eigenvalue weighted by Crippen LogP contribution is -2.51. The Labute approximate surface area is 143 Å². The molecule has 1 fully saturated rings. The summed E-state index contributed by atoms with van der Waals surface area (Å²) in [5.74, 6) is -0.231. The van der Waals surface area contributed by atoms with Gasteiger partial charge in [-0.1, -0.05) is 28.1 Å². The Morgan fingerprint density at radius 2 is 1.86 bits per heavy atom. The van der Waals surface area contributed by atoms with Crippen LogP contribution < -0.4 is 11.2 Å². The first-order valence-corrected chi connectivity index (χ1v) is 8.04. The lowest BCUT2D eigenvalue weighted by Gasteiger charge is -2.32. The zero-order chi connectivity index (χ0) is 16.1. The molecule has 0 radical (unpaired) electrons. The number of amides is 1. The quantitative estimate of drug-likeness (QED) is 0.465. The van der Waals surface area contributed by atoms with Gasteiger partial charge < -0.3 is 15.5 Å². The fourth-order valence-electron chi connectivity index (χ4n) is 2.01. The minimum atomic E-state index is -0.231. The Hall–Kier alpha value is -1.51. The van der Waals surface area contributed by atoms with Crippen LogP contribution in [0, 0.1) is 0 Å². The van der Waals surface area contributed by atoms with Gasteiger partial charge in [-0.2, -0.15) is 5.10 Å². The number of nitrogens with one attached hydrogen (secondary N) is 1. The van der Waals surface area contributed by atoms with Gasteiger partial charge in [0.1, 0.15) is 4.99 Å². The van der Waals surface area contributed by atoms with Crippen LogP contribution in [0.2, 0.25) is 0 Å². The van der Waals surface area contributed by atoms with Crippen molar-refractivity contribution in [1.82, 2.24) is 9.80 Å². The van der Waals surface area contributed by atoms with Gasteiger partial charge in [-0.25, -0.2) is 0 Å². The van der Waals surface area contributed by atoms with E-state index in [2.05, 4.69) is 31.4 Å².